The molecular formula is C23H29N3OS2. The number of anilines is 1. The van der Waals surface area contributed by atoms with Crippen molar-refractivity contribution in [3.8, 4) is 0 Å². The Morgan fingerprint density at radius 1 is 1.07 bits per heavy atom. The van der Waals surface area contributed by atoms with Crippen LogP contribution in [-0.2, 0) is 6.42 Å². The van der Waals surface area contributed by atoms with Crippen molar-refractivity contribution in [3.63, 3.8) is 0 Å². The van der Waals surface area contributed by atoms with Gasteiger partial charge in [-0.15, -0.1) is 11.8 Å². The number of hydrogen-bond acceptors (Lipinski definition) is 5. The zero-order valence-electron chi connectivity index (χ0n) is 17.6. The van der Waals surface area contributed by atoms with E-state index in [1.807, 2.05) is 29.2 Å². The molecule has 1 aromatic heterocycles. The second-order valence-electron chi connectivity index (χ2n) is 7.16. The third-order valence-electron chi connectivity index (χ3n) is 4.75. The van der Waals surface area contributed by atoms with Crippen LogP contribution in [0.15, 0.2) is 47.4 Å². The average Bonchev–Trinajstić information content (AvgIpc) is 3.15. The lowest BCUT2D eigenvalue weighted by atomic mass is 10.1. The molecule has 0 spiro atoms. The topological polar surface area (TPSA) is 36.4 Å². The molecule has 0 atom stereocenters. The number of amides is 1. The first kappa shape index (κ1) is 21.8. The highest BCUT2D eigenvalue weighted by atomic mass is 32.2. The smallest absolute Gasteiger partial charge is 0.261 e. The Labute approximate surface area is 181 Å². The van der Waals surface area contributed by atoms with Crippen molar-refractivity contribution in [2.45, 2.75) is 31.6 Å². The molecule has 3 rings (SSSR count). The monoisotopic (exact) mass is 427 g/mol. The standard InChI is InChI=1S/C23H29N3OS2/c1-5-17-11-9-14-20-21(17)24-23(29-20)26(16-10-15-25(3)4)22(27)18-12-7-8-13-19(18)28-6-2/h7-9,11-14H,5-6,10,15-16H2,1-4H3. The van der Waals surface area contributed by atoms with Gasteiger partial charge in [-0.25, -0.2) is 4.98 Å². The van der Waals surface area contributed by atoms with Crippen LogP contribution in [0.25, 0.3) is 10.2 Å². The van der Waals surface area contributed by atoms with Crippen molar-refractivity contribution in [3.05, 3.63) is 53.6 Å². The van der Waals surface area contributed by atoms with Gasteiger partial charge < -0.3 is 4.90 Å². The number of thiazole rings is 1. The van der Waals surface area contributed by atoms with Gasteiger partial charge >= 0.3 is 0 Å². The molecule has 29 heavy (non-hydrogen) atoms. The lowest BCUT2D eigenvalue weighted by molar-refractivity contribution is 0.0983. The molecule has 2 aromatic carbocycles. The highest BCUT2D eigenvalue weighted by Gasteiger charge is 2.23. The molecular weight excluding hydrogens is 398 g/mol. The van der Waals surface area contributed by atoms with Crippen LogP contribution < -0.4 is 4.90 Å². The van der Waals surface area contributed by atoms with Crippen molar-refractivity contribution in [1.29, 1.82) is 0 Å². The summed E-state index contributed by atoms with van der Waals surface area (Å²) < 4.78 is 1.14. The van der Waals surface area contributed by atoms with Gasteiger partial charge in [-0.2, -0.15) is 0 Å². The average molecular weight is 428 g/mol. The van der Waals surface area contributed by atoms with Crippen LogP contribution in [0, 0.1) is 0 Å². The summed E-state index contributed by atoms with van der Waals surface area (Å²) in [5, 5.41) is 0.793. The fourth-order valence-electron chi connectivity index (χ4n) is 3.29. The van der Waals surface area contributed by atoms with Gasteiger partial charge in [-0.05, 0) is 63.0 Å². The molecule has 4 nitrogen and oxygen atoms in total. The number of rotatable bonds is 9. The van der Waals surface area contributed by atoms with Crippen molar-refractivity contribution in [1.82, 2.24) is 9.88 Å². The second kappa shape index (κ2) is 10.2. The fraction of sp³-hybridized carbons (Fsp3) is 0.391. The number of hydrogen-bond donors (Lipinski definition) is 0. The largest absolute Gasteiger partial charge is 0.309 e. The summed E-state index contributed by atoms with van der Waals surface area (Å²) in [6.07, 6.45) is 1.84. The summed E-state index contributed by atoms with van der Waals surface area (Å²) in [5.74, 6) is 0.976. The lowest BCUT2D eigenvalue weighted by Gasteiger charge is -2.22. The SMILES string of the molecule is CCSc1ccccc1C(=O)N(CCCN(C)C)c1nc2c(CC)cccc2s1. The Morgan fingerprint density at radius 3 is 2.59 bits per heavy atom. The van der Waals surface area contributed by atoms with E-state index in [0.29, 0.717) is 6.54 Å². The maximum atomic E-state index is 13.6. The first-order valence-corrected chi connectivity index (χ1v) is 11.9. The third-order valence-corrected chi connectivity index (χ3v) is 6.75. The minimum atomic E-state index is 0.0393. The van der Waals surface area contributed by atoms with Crippen LogP contribution in [0.1, 0.15) is 36.2 Å². The van der Waals surface area contributed by atoms with Crippen LogP contribution in [0.5, 0.6) is 0 Å². The van der Waals surface area contributed by atoms with E-state index in [0.717, 1.165) is 50.9 Å². The van der Waals surface area contributed by atoms with Gasteiger partial charge in [-0.1, -0.05) is 49.4 Å². The molecule has 1 heterocycles. The molecule has 3 aromatic rings. The predicted molar refractivity (Wildman–Crippen MR) is 127 cm³/mol. The Hall–Kier alpha value is -1.89. The number of aryl methyl sites for hydroxylation is 1. The molecule has 0 bridgehead atoms. The van der Waals surface area contributed by atoms with Crippen LogP contribution >= 0.6 is 23.1 Å². The Kier molecular flexibility index (Phi) is 7.70. The molecule has 154 valence electrons. The summed E-state index contributed by atoms with van der Waals surface area (Å²) >= 11 is 3.32. The predicted octanol–water partition coefficient (Wildman–Crippen LogP) is 5.57. The molecule has 0 aliphatic rings. The van der Waals surface area contributed by atoms with Gasteiger partial charge in [0.1, 0.15) is 0 Å². The number of aromatic nitrogens is 1. The molecule has 1 amide bonds. The van der Waals surface area contributed by atoms with Gasteiger partial charge in [-0.3, -0.25) is 9.69 Å². The second-order valence-corrected chi connectivity index (χ2v) is 9.47. The zero-order chi connectivity index (χ0) is 20.8. The molecule has 0 saturated heterocycles. The number of benzene rings is 2. The van der Waals surface area contributed by atoms with Crippen molar-refractivity contribution in [2.75, 3.05) is 37.8 Å². The third kappa shape index (κ3) is 5.18. The highest BCUT2D eigenvalue weighted by molar-refractivity contribution is 7.99. The van der Waals surface area contributed by atoms with E-state index >= 15 is 0 Å². The van der Waals surface area contributed by atoms with Crippen molar-refractivity contribution < 1.29 is 4.79 Å². The Balaban J connectivity index is 2.00. The van der Waals surface area contributed by atoms with Gasteiger partial charge in [0, 0.05) is 11.4 Å². The van der Waals surface area contributed by atoms with E-state index < -0.39 is 0 Å². The Morgan fingerprint density at radius 2 is 1.86 bits per heavy atom. The Bertz CT molecular complexity index is 968. The van der Waals surface area contributed by atoms with E-state index in [1.165, 1.54) is 5.56 Å². The minimum absolute atomic E-state index is 0.0393. The number of para-hydroxylation sites is 1. The summed E-state index contributed by atoms with van der Waals surface area (Å²) in [6, 6.07) is 14.2. The van der Waals surface area contributed by atoms with Gasteiger partial charge in [0.2, 0.25) is 0 Å². The normalized spacial score (nSPS) is 11.3. The van der Waals surface area contributed by atoms with Gasteiger partial charge in [0.05, 0.1) is 15.8 Å². The number of carbonyl (C=O) groups excluding carboxylic acids is 1. The van der Waals surface area contributed by atoms with Crippen molar-refractivity contribution >= 4 is 44.4 Å². The number of fused-ring (bicyclic) bond motifs is 1. The lowest BCUT2D eigenvalue weighted by Crippen LogP contribution is -2.33. The zero-order valence-corrected chi connectivity index (χ0v) is 19.3. The summed E-state index contributed by atoms with van der Waals surface area (Å²) in [7, 11) is 4.12. The van der Waals surface area contributed by atoms with Gasteiger partial charge in [0.25, 0.3) is 5.91 Å². The van der Waals surface area contributed by atoms with E-state index in [-0.39, 0.29) is 5.91 Å². The summed E-state index contributed by atoms with van der Waals surface area (Å²) in [6.45, 7) is 5.84. The molecule has 0 aliphatic heterocycles. The first-order chi connectivity index (χ1) is 14.0. The molecule has 0 N–H and O–H groups in total. The van der Waals surface area contributed by atoms with E-state index in [4.69, 9.17) is 4.98 Å². The number of nitrogens with zero attached hydrogens (tertiary/aromatic N) is 3. The van der Waals surface area contributed by atoms with E-state index in [1.54, 1.807) is 23.1 Å². The van der Waals surface area contributed by atoms with E-state index in [2.05, 4.69) is 51.0 Å². The molecule has 6 heteroatoms. The maximum Gasteiger partial charge on any atom is 0.261 e. The minimum Gasteiger partial charge on any atom is -0.309 e. The van der Waals surface area contributed by atoms with Gasteiger partial charge in [0.15, 0.2) is 5.13 Å². The van der Waals surface area contributed by atoms with Crippen LogP contribution in [0.2, 0.25) is 0 Å². The molecule has 0 saturated carbocycles. The van der Waals surface area contributed by atoms with Crippen molar-refractivity contribution in [2.24, 2.45) is 0 Å². The molecule has 0 radical (unpaired) electrons. The number of thioether (sulfide) groups is 1. The van der Waals surface area contributed by atoms with Crippen LogP contribution in [-0.4, -0.2) is 48.7 Å². The molecule has 0 unspecified atom stereocenters. The van der Waals surface area contributed by atoms with E-state index in [9.17, 15) is 4.79 Å². The fourth-order valence-corrected chi connectivity index (χ4v) is 5.13. The first-order valence-electron chi connectivity index (χ1n) is 10.1. The molecule has 0 fully saturated rings. The quantitative estimate of drug-likeness (QED) is 0.418. The summed E-state index contributed by atoms with van der Waals surface area (Å²) in [5.41, 5.74) is 3.02. The highest BCUT2D eigenvalue weighted by Crippen LogP contribution is 2.33. The van der Waals surface area contributed by atoms with Crippen LogP contribution in [0.4, 0.5) is 5.13 Å². The maximum absolute atomic E-state index is 13.6. The summed E-state index contributed by atoms with van der Waals surface area (Å²) in [4.78, 5) is 23.6. The van der Waals surface area contributed by atoms with Crippen LogP contribution in [0.3, 0.4) is 0 Å². The molecule has 0 aliphatic carbocycles. The number of carbonyl (C=O) groups is 1.